The molecular formula is C21H23N3O. The molecule has 4 heteroatoms. The van der Waals surface area contributed by atoms with Gasteiger partial charge in [-0.1, -0.05) is 36.4 Å². The van der Waals surface area contributed by atoms with Crippen LogP contribution in [0.3, 0.4) is 0 Å². The third kappa shape index (κ3) is 3.35. The van der Waals surface area contributed by atoms with Gasteiger partial charge in [0, 0.05) is 0 Å². The maximum atomic E-state index is 12.2. The summed E-state index contributed by atoms with van der Waals surface area (Å²) in [5.41, 5.74) is 3.60. The van der Waals surface area contributed by atoms with Crippen molar-refractivity contribution >= 4 is 10.9 Å². The standard InChI is InChI=1S/C21H23N3O/c1-15-6-2-3-7-17(15)16-10-12-24(13-11-16)14-20-22-19-9-5-4-8-18(19)21(25)23-20/h2-9,16H,10-14H2,1H3,(H,22,23,25). The molecule has 0 bridgehead atoms. The lowest BCUT2D eigenvalue weighted by Gasteiger charge is -2.32. The van der Waals surface area contributed by atoms with E-state index in [-0.39, 0.29) is 5.56 Å². The second-order valence-corrected chi connectivity index (χ2v) is 6.94. The molecule has 3 aromatic rings. The zero-order valence-corrected chi connectivity index (χ0v) is 14.5. The Hall–Kier alpha value is -2.46. The van der Waals surface area contributed by atoms with Gasteiger partial charge in [0.1, 0.15) is 5.82 Å². The van der Waals surface area contributed by atoms with E-state index in [1.807, 2.05) is 24.3 Å². The van der Waals surface area contributed by atoms with Crippen molar-refractivity contribution in [2.24, 2.45) is 0 Å². The number of piperidine rings is 1. The number of nitrogens with zero attached hydrogens (tertiary/aromatic N) is 2. The number of aromatic amines is 1. The molecule has 0 unspecified atom stereocenters. The average Bonchev–Trinajstić information content (AvgIpc) is 2.63. The van der Waals surface area contributed by atoms with E-state index < -0.39 is 0 Å². The first-order valence-electron chi connectivity index (χ1n) is 8.96. The van der Waals surface area contributed by atoms with Crippen molar-refractivity contribution in [1.29, 1.82) is 0 Å². The Balaban J connectivity index is 1.45. The van der Waals surface area contributed by atoms with Crippen molar-refractivity contribution in [2.45, 2.75) is 32.2 Å². The zero-order chi connectivity index (χ0) is 17.2. The van der Waals surface area contributed by atoms with E-state index in [9.17, 15) is 4.79 Å². The number of aromatic nitrogens is 2. The molecule has 2 heterocycles. The monoisotopic (exact) mass is 333 g/mol. The molecule has 25 heavy (non-hydrogen) atoms. The number of likely N-dealkylation sites (tertiary alicyclic amines) is 1. The van der Waals surface area contributed by atoms with Gasteiger partial charge in [0.2, 0.25) is 0 Å². The summed E-state index contributed by atoms with van der Waals surface area (Å²) in [5, 5.41) is 0.657. The van der Waals surface area contributed by atoms with Crippen molar-refractivity contribution in [2.75, 3.05) is 13.1 Å². The van der Waals surface area contributed by atoms with Gasteiger partial charge in [0.05, 0.1) is 17.4 Å². The van der Waals surface area contributed by atoms with Crippen LogP contribution < -0.4 is 5.56 Å². The van der Waals surface area contributed by atoms with Crippen LogP contribution in [0.25, 0.3) is 10.9 Å². The van der Waals surface area contributed by atoms with Crippen LogP contribution in [0.5, 0.6) is 0 Å². The molecule has 1 saturated heterocycles. The SMILES string of the molecule is Cc1ccccc1C1CCN(Cc2nc3ccccc3c(=O)[nH]2)CC1. The van der Waals surface area contributed by atoms with Gasteiger partial charge < -0.3 is 4.98 Å². The Bertz CT molecular complexity index is 939. The summed E-state index contributed by atoms with van der Waals surface area (Å²) in [4.78, 5) is 22.2. The zero-order valence-electron chi connectivity index (χ0n) is 14.5. The summed E-state index contributed by atoms with van der Waals surface area (Å²) in [6, 6.07) is 16.2. The molecule has 128 valence electrons. The fourth-order valence-corrected chi connectivity index (χ4v) is 3.87. The van der Waals surface area contributed by atoms with E-state index in [1.54, 1.807) is 0 Å². The first-order chi connectivity index (χ1) is 12.2. The summed E-state index contributed by atoms with van der Waals surface area (Å²) in [5.74, 6) is 1.40. The quantitative estimate of drug-likeness (QED) is 0.796. The molecule has 0 atom stereocenters. The van der Waals surface area contributed by atoms with Crippen LogP contribution in [-0.4, -0.2) is 28.0 Å². The number of hydrogen-bond acceptors (Lipinski definition) is 3. The Morgan fingerprint density at radius 1 is 1.08 bits per heavy atom. The van der Waals surface area contributed by atoms with Crippen molar-refractivity contribution in [1.82, 2.24) is 14.9 Å². The van der Waals surface area contributed by atoms with Crippen molar-refractivity contribution in [3.8, 4) is 0 Å². The lowest BCUT2D eigenvalue weighted by molar-refractivity contribution is 0.200. The van der Waals surface area contributed by atoms with Crippen molar-refractivity contribution < 1.29 is 0 Å². The Kier molecular flexibility index (Phi) is 4.36. The molecule has 1 fully saturated rings. The van der Waals surface area contributed by atoms with E-state index >= 15 is 0 Å². The summed E-state index contributed by atoms with van der Waals surface area (Å²) >= 11 is 0. The molecule has 1 aliphatic heterocycles. The van der Waals surface area contributed by atoms with Crippen LogP contribution >= 0.6 is 0 Å². The highest BCUT2D eigenvalue weighted by Crippen LogP contribution is 2.30. The number of benzene rings is 2. The van der Waals surface area contributed by atoms with E-state index in [2.05, 4.69) is 46.1 Å². The van der Waals surface area contributed by atoms with Gasteiger partial charge in [-0.3, -0.25) is 9.69 Å². The van der Waals surface area contributed by atoms with Gasteiger partial charge >= 0.3 is 0 Å². The van der Waals surface area contributed by atoms with Gasteiger partial charge in [-0.25, -0.2) is 4.98 Å². The van der Waals surface area contributed by atoms with Crippen LogP contribution in [0, 0.1) is 6.92 Å². The number of nitrogens with one attached hydrogen (secondary N) is 1. The average molecular weight is 333 g/mol. The summed E-state index contributed by atoms with van der Waals surface area (Å²) in [7, 11) is 0. The predicted octanol–water partition coefficient (Wildman–Crippen LogP) is 3.61. The highest BCUT2D eigenvalue weighted by Gasteiger charge is 2.22. The Morgan fingerprint density at radius 2 is 1.80 bits per heavy atom. The fourth-order valence-electron chi connectivity index (χ4n) is 3.87. The first-order valence-corrected chi connectivity index (χ1v) is 8.96. The third-order valence-corrected chi connectivity index (χ3v) is 5.25. The minimum Gasteiger partial charge on any atom is -0.309 e. The van der Waals surface area contributed by atoms with Crippen LogP contribution in [0.1, 0.15) is 35.7 Å². The van der Waals surface area contributed by atoms with Crippen LogP contribution in [0.2, 0.25) is 0 Å². The van der Waals surface area contributed by atoms with E-state index in [4.69, 9.17) is 0 Å². The van der Waals surface area contributed by atoms with Crippen molar-refractivity contribution in [3.05, 3.63) is 75.8 Å². The maximum absolute atomic E-state index is 12.2. The molecule has 4 nitrogen and oxygen atoms in total. The number of hydrogen-bond donors (Lipinski definition) is 1. The van der Waals surface area contributed by atoms with Gasteiger partial charge in [0.15, 0.2) is 0 Å². The summed E-state index contributed by atoms with van der Waals surface area (Å²) < 4.78 is 0. The smallest absolute Gasteiger partial charge is 0.258 e. The normalized spacial score (nSPS) is 16.4. The molecule has 1 aliphatic rings. The molecule has 0 spiro atoms. The van der Waals surface area contributed by atoms with Gasteiger partial charge in [-0.2, -0.15) is 0 Å². The highest BCUT2D eigenvalue weighted by atomic mass is 16.1. The summed E-state index contributed by atoms with van der Waals surface area (Å²) in [6.07, 6.45) is 2.31. The topological polar surface area (TPSA) is 49.0 Å². The fraction of sp³-hybridized carbons (Fsp3) is 0.333. The molecule has 0 amide bonds. The van der Waals surface area contributed by atoms with Crippen LogP contribution in [0.15, 0.2) is 53.3 Å². The Morgan fingerprint density at radius 3 is 2.60 bits per heavy atom. The molecule has 4 rings (SSSR count). The van der Waals surface area contributed by atoms with Crippen LogP contribution in [0.4, 0.5) is 0 Å². The molecule has 2 aromatic carbocycles. The predicted molar refractivity (Wildman–Crippen MR) is 101 cm³/mol. The Labute approximate surface area is 147 Å². The number of para-hydroxylation sites is 1. The van der Waals surface area contributed by atoms with E-state index in [0.29, 0.717) is 17.8 Å². The van der Waals surface area contributed by atoms with E-state index in [0.717, 1.165) is 37.3 Å². The van der Waals surface area contributed by atoms with Gasteiger partial charge in [-0.05, 0) is 62.0 Å². The minimum atomic E-state index is -0.0459. The lowest BCUT2D eigenvalue weighted by atomic mass is 9.87. The molecule has 0 saturated carbocycles. The second-order valence-electron chi connectivity index (χ2n) is 6.94. The van der Waals surface area contributed by atoms with Gasteiger partial charge in [-0.15, -0.1) is 0 Å². The minimum absolute atomic E-state index is 0.0459. The number of aryl methyl sites for hydroxylation is 1. The highest BCUT2D eigenvalue weighted by molar-refractivity contribution is 5.77. The largest absolute Gasteiger partial charge is 0.309 e. The van der Waals surface area contributed by atoms with Crippen molar-refractivity contribution in [3.63, 3.8) is 0 Å². The van der Waals surface area contributed by atoms with Crippen LogP contribution in [-0.2, 0) is 6.54 Å². The number of rotatable bonds is 3. The van der Waals surface area contributed by atoms with Gasteiger partial charge in [0.25, 0.3) is 5.56 Å². The lowest BCUT2D eigenvalue weighted by Crippen LogP contribution is -2.33. The molecule has 1 N–H and O–H groups in total. The molecular weight excluding hydrogens is 310 g/mol. The number of H-pyrrole nitrogens is 1. The van der Waals surface area contributed by atoms with E-state index in [1.165, 1.54) is 11.1 Å². The third-order valence-electron chi connectivity index (χ3n) is 5.25. The second kappa shape index (κ2) is 6.81. The molecule has 0 aliphatic carbocycles. The first kappa shape index (κ1) is 16.0. The summed E-state index contributed by atoms with van der Waals surface area (Å²) in [6.45, 7) is 4.98. The number of fused-ring (bicyclic) bond motifs is 1. The maximum Gasteiger partial charge on any atom is 0.258 e. The molecule has 0 radical (unpaired) electrons. The molecule has 1 aromatic heterocycles.